The van der Waals surface area contributed by atoms with E-state index in [9.17, 15) is 0 Å². The molecule has 0 unspecified atom stereocenters. The summed E-state index contributed by atoms with van der Waals surface area (Å²) in [6, 6.07) is 1.88. The van der Waals surface area contributed by atoms with Gasteiger partial charge in [-0.3, -0.25) is 0 Å². The fraction of sp³-hybridized carbons (Fsp3) is 0.750. The number of unbranched alkanes of at least 4 members (excludes halogenated alkanes) is 1. The second-order valence-electron chi connectivity index (χ2n) is 6.13. The van der Waals surface area contributed by atoms with E-state index < -0.39 is 0 Å². The Labute approximate surface area is 128 Å². The molecule has 1 aliphatic rings. The molecule has 0 amide bonds. The van der Waals surface area contributed by atoms with Crippen molar-refractivity contribution in [3.63, 3.8) is 0 Å². The molecule has 0 spiro atoms. The summed E-state index contributed by atoms with van der Waals surface area (Å²) in [5, 5.41) is 3.35. The molecule has 2 rings (SSSR count). The van der Waals surface area contributed by atoms with Crippen LogP contribution in [0.25, 0.3) is 0 Å². The van der Waals surface area contributed by atoms with Crippen molar-refractivity contribution >= 4 is 5.82 Å². The van der Waals surface area contributed by atoms with Crippen molar-refractivity contribution in [2.75, 3.05) is 38.1 Å². The Hall–Kier alpha value is -1.36. The SMILES string of the molecule is CC(C)COc1cc(NCCCCN2CCCC2)ncn1. The van der Waals surface area contributed by atoms with Crippen molar-refractivity contribution < 1.29 is 4.74 Å². The van der Waals surface area contributed by atoms with E-state index >= 15 is 0 Å². The molecule has 2 heterocycles. The summed E-state index contributed by atoms with van der Waals surface area (Å²) < 4.78 is 5.61. The van der Waals surface area contributed by atoms with Crippen LogP contribution in [0.2, 0.25) is 0 Å². The maximum atomic E-state index is 5.61. The van der Waals surface area contributed by atoms with Crippen LogP contribution in [-0.2, 0) is 0 Å². The van der Waals surface area contributed by atoms with E-state index in [4.69, 9.17) is 4.74 Å². The van der Waals surface area contributed by atoms with Gasteiger partial charge in [0.2, 0.25) is 5.88 Å². The Morgan fingerprint density at radius 2 is 2.05 bits per heavy atom. The molecule has 1 aliphatic heterocycles. The van der Waals surface area contributed by atoms with Crippen molar-refractivity contribution in [3.05, 3.63) is 12.4 Å². The zero-order chi connectivity index (χ0) is 14.9. The molecule has 1 aromatic heterocycles. The Bertz CT molecular complexity index is 405. The minimum absolute atomic E-state index is 0.502. The van der Waals surface area contributed by atoms with Crippen LogP contribution >= 0.6 is 0 Å². The lowest BCUT2D eigenvalue weighted by molar-refractivity contribution is 0.261. The largest absolute Gasteiger partial charge is 0.477 e. The van der Waals surface area contributed by atoms with Gasteiger partial charge >= 0.3 is 0 Å². The molecule has 1 fully saturated rings. The molecule has 0 atom stereocenters. The number of aromatic nitrogens is 2. The summed E-state index contributed by atoms with van der Waals surface area (Å²) in [6.45, 7) is 9.70. The summed E-state index contributed by atoms with van der Waals surface area (Å²) >= 11 is 0. The smallest absolute Gasteiger partial charge is 0.218 e. The molecule has 1 saturated heterocycles. The van der Waals surface area contributed by atoms with E-state index in [0.29, 0.717) is 18.4 Å². The van der Waals surface area contributed by atoms with E-state index in [1.807, 2.05) is 6.07 Å². The third kappa shape index (κ3) is 6.29. The molecule has 0 aromatic carbocycles. The molecule has 5 nitrogen and oxygen atoms in total. The Balaban J connectivity index is 1.62. The van der Waals surface area contributed by atoms with E-state index in [-0.39, 0.29) is 0 Å². The third-order valence-electron chi connectivity index (χ3n) is 3.61. The van der Waals surface area contributed by atoms with Crippen LogP contribution in [0.1, 0.15) is 39.5 Å². The number of hydrogen-bond donors (Lipinski definition) is 1. The number of rotatable bonds is 9. The molecular weight excluding hydrogens is 264 g/mol. The van der Waals surface area contributed by atoms with E-state index in [1.54, 1.807) is 6.33 Å². The molecule has 0 aliphatic carbocycles. The predicted molar refractivity (Wildman–Crippen MR) is 85.8 cm³/mol. The van der Waals surface area contributed by atoms with Crippen molar-refractivity contribution in [1.82, 2.24) is 14.9 Å². The average Bonchev–Trinajstić information content (AvgIpc) is 2.98. The van der Waals surface area contributed by atoms with Crippen LogP contribution in [0.15, 0.2) is 12.4 Å². The highest BCUT2D eigenvalue weighted by Gasteiger charge is 2.10. The molecule has 0 saturated carbocycles. The summed E-state index contributed by atoms with van der Waals surface area (Å²) in [4.78, 5) is 10.9. The first kappa shape index (κ1) is 16.0. The van der Waals surface area contributed by atoms with Gasteiger partial charge in [0.1, 0.15) is 12.1 Å². The average molecular weight is 292 g/mol. The Morgan fingerprint density at radius 3 is 2.81 bits per heavy atom. The number of hydrogen-bond acceptors (Lipinski definition) is 5. The molecule has 5 heteroatoms. The first-order valence-electron chi connectivity index (χ1n) is 8.15. The van der Waals surface area contributed by atoms with Gasteiger partial charge in [0.15, 0.2) is 0 Å². The summed E-state index contributed by atoms with van der Waals surface area (Å²) in [5.41, 5.74) is 0. The first-order chi connectivity index (χ1) is 10.2. The summed E-state index contributed by atoms with van der Waals surface area (Å²) in [7, 11) is 0. The van der Waals surface area contributed by atoms with Crippen LogP contribution in [0.5, 0.6) is 5.88 Å². The summed E-state index contributed by atoms with van der Waals surface area (Å²) in [6.07, 6.45) is 6.72. The van der Waals surface area contributed by atoms with E-state index in [0.717, 1.165) is 12.4 Å². The molecule has 0 bridgehead atoms. The number of ether oxygens (including phenoxy) is 1. The monoisotopic (exact) mass is 292 g/mol. The van der Waals surface area contributed by atoms with Gasteiger partial charge < -0.3 is 15.0 Å². The molecule has 21 heavy (non-hydrogen) atoms. The minimum Gasteiger partial charge on any atom is -0.477 e. The number of nitrogens with one attached hydrogen (secondary N) is 1. The first-order valence-corrected chi connectivity index (χ1v) is 8.15. The number of anilines is 1. The van der Waals surface area contributed by atoms with Gasteiger partial charge in [-0.05, 0) is 51.2 Å². The highest BCUT2D eigenvalue weighted by Crippen LogP contribution is 2.12. The van der Waals surface area contributed by atoms with Crippen LogP contribution in [0.4, 0.5) is 5.82 Å². The lowest BCUT2D eigenvalue weighted by atomic mass is 10.2. The molecule has 118 valence electrons. The van der Waals surface area contributed by atoms with Crippen LogP contribution < -0.4 is 10.1 Å². The molecule has 0 radical (unpaired) electrons. The second-order valence-corrected chi connectivity index (χ2v) is 6.13. The van der Waals surface area contributed by atoms with Gasteiger partial charge in [0.05, 0.1) is 6.61 Å². The van der Waals surface area contributed by atoms with Gasteiger partial charge in [0.25, 0.3) is 0 Å². The zero-order valence-corrected chi connectivity index (χ0v) is 13.3. The number of nitrogens with zero attached hydrogens (tertiary/aromatic N) is 3. The predicted octanol–water partition coefficient (Wildman–Crippen LogP) is 2.80. The zero-order valence-electron chi connectivity index (χ0n) is 13.3. The fourth-order valence-electron chi connectivity index (χ4n) is 2.45. The standard InChI is InChI=1S/C16H28N4O/c1-14(2)12-21-16-11-15(18-13-19-16)17-7-3-4-8-20-9-5-6-10-20/h11,13-14H,3-10,12H2,1-2H3,(H,17,18,19). The third-order valence-corrected chi connectivity index (χ3v) is 3.61. The van der Waals surface area contributed by atoms with Crippen molar-refractivity contribution in [2.45, 2.75) is 39.5 Å². The van der Waals surface area contributed by atoms with Crippen LogP contribution in [0, 0.1) is 5.92 Å². The van der Waals surface area contributed by atoms with Crippen molar-refractivity contribution in [2.24, 2.45) is 5.92 Å². The Kier molecular flexibility index (Phi) is 6.73. The molecule has 1 aromatic rings. The summed E-state index contributed by atoms with van der Waals surface area (Å²) in [5.74, 6) is 2.00. The molecule has 1 N–H and O–H groups in total. The highest BCUT2D eigenvalue weighted by molar-refractivity contribution is 5.36. The van der Waals surface area contributed by atoms with Gasteiger partial charge in [-0.15, -0.1) is 0 Å². The van der Waals surface area contributed by atoms with Crippen molar-refractivity contribution in [1.29, 1.82) is 0 Å². The van der Waals surface area contributed by atoms with E-state index in [1.165, 1.54) is 45.3 Å². The van der Waals surface area contributed by atoms with Gasteiger partial charge in [-0.25, -0.2) is 9.97 Å². The highest BCUT2D eigenvalue weighted by atomic mass is 16.5. The topological polar surface area (TPSA) is 50.3 Å². The minimum atomic E-state index is 0.502. The fourth-order valence-corrected chi connectivity index (χ4v) is 2.45. The second kappa shape index (κ2) is 8.82. The quantitative estimate of drug-likeness (QED) is 0.709. The van der Waals surface area contributed by atoms with Gasteiger partial charge in [0, 0.05) is 12.6 Å². The van der Waals surface area contributed by atoms with E-state index in [2.05, 4.69) is 34.0 Å². The van der Waals surface area contributed by atoms with Gasteiger partial charge in [-0.1, -0.05) is 13.8 Å². The van der Waals surface area contributed by atoms with Crippen LogP contribution in [0.3, 0.4) is 0 Å². The van der Waals surface area contributed by atoms with Crippen LogP contribution in [-0.4, -0.2) is 47.7 Å². The van der Waals surface area contributed by atoms with Gasteiger partial charge in [-0.2, -0.15) is 0 Å². The maximum Gasteiger partial charge on any atom is 0.218 e. The Morgan fingerprint density at radius 1 is 1.24 bits per heavy atom. The maximum absolute atomic E-state index is 5.61. The molecular formula is C16H28N4O. The lowest BCUT2D eigenvalue weighted by Gasteiger charge is -2.14. The normalized spacial score (nSPS) is 15.6. The lowest BCUT2D eigenvalue weighted by Crippen LogP contribution is -2.20. The number of likely N-dealkylation sites (tertiary alicyclic amines) is 1. The van der Waals surface area contributed by atoms with Crippen molar-refractivity contribution in [3.8, 4) is 5.88 Å².